The van der Waals surface area contributed by atoms with Crippen molar-refractivity contribution in [2.45, 2.75) is 63.8 Å². The molecule has 2 nitrogen and oxygen atoms in total. The molecule has 0 spiro atoms. The molecule has 3 N–H and O–H groups in total. The Morgan fingerprint density at radius 2 is 1.94 bits per heavy atom. The number of hydrogen-bond acceptors (Lipinski definition) is 2. The van der Waals surface area contributed by atoms with E-state index in [-0.39, 0.29) is 11.5 Å². The molecule has 2 heteroatoms. The molecule has 0 fully saturated rings. The highest BCUT2D eigenvalue weighted by molar-refractivity contribution is 5.41. The van der Waals surface area contributed by atoms with Gasteiger partial charge in [-0.25, -0.2) is 0 Å². The Morgan fingerprint density at radius 1 is 1.22 bits per heavy atom. The van der Waals surface area contributed by atoms with Crippen LogP contribution in [0.1, 0.15) is 57.1 Å². The summed E-state index contributed by atoms with van der Waals surface area (Å²) in [4.78, 5) is 0. The summed E-state index contributed by atoms with van der Waals surface area (Å²) in [7, 11) is 0. The highest BCUT2D eigenvalue weighted by Gasteiger charge is 2.33. The van der Waals surface area contributed by atoms with Gasteiger partial charge < -0.3 is 10.8 Å². The molecule has 2 atom stereocenters. The maximum atomic E-state index is 9.79. The van der Waals surface area contributed by atoms with Gasteiger partial charge in [-0.1, -0.05) is 32.3 Å². The number of benzene rings is 1. The maximum absolute atomic E-state index is 9.79. The summed E-state index contributed by atoms with van der Waals surface area (Å²) in [5.74, 6) is 0.361. The number of phenols is 1. The first kappa shape index (κ1) is 13.4. The molecular formula is C16H25NO. The Bertz CT molecular complexity index is 414. The van der Waals surface area contributed by atoms with Gasteiger partial charge in [-0.2, -0.15) is 0 Å². The molecule has 0 amide bonds. The second-order valence-corrected chi connectivity index (χ2v) is 5.96. The molecule has 18 heavy (non-hydrogen) atoms. The Labute approximate surface area is 110 Å². The van der Waals surface area contributed by atoms with Crippen LogP contribution in [-0.2, 0) is 11.8 Å². The van der Waals surface area contributed by atoms with Crippen LogP contribution in [0, 0.1) is 0 Å². The van der Waals surface area contributed by atoms with Crippen molar-refractivity contribution in [3.63, 3.8) is 0 Å². The Hall–Kier alpha value is -1.02. The number of fused-ring (bicyclic) bond motifs is 1. The number of aromatic hydroxyl groups is 1. The maximum Gasteiger partial charge on any atom is 0.115 e. The lowest BCUT2D eigenvalue weighted by molar-refractivity contribution is 0.350. The van der Waals surface area contributed by atoms with Crippen molar-refractivity contribution in [1.82, 2.24) is 0 Å². The standard InChI is InChI=1S/C16H25NO/c1-12(17)16(2)10-6-4-3-5-7-13-8-9-14(18)11-15(13)16/h8-9,11-12,18H,3-7,10,17H2,1-2H3. The summed E-state index contributed by atoms with van der Waals surface area (Å²) in [5, 5.41) is 9.79. The minimum absolute atomic E-state index is 0.0155. The van der Waals surface area contributed by atoms with Crippen LogP contribution in [0.5, 0.6) is 5.75 Å². The van der Waals surface area contributed by atoms with Crippen LogP contribution in [0.15, 0.2) is 18.2 Å². The van der Waals surface area contributed by atoms with Crippen LogP contribution in [-0.4, -0.2) is 11.1 Å². The lowest BCUT2D eigenvalue weighted by Crippen LogP contribution is -2.41. The fraction of sp³-hybridized carbons (Fsp3) is 0.625. The molecule has 0 saturated heterocycles. The van der Waals surface area contributed by atoms with E-state index in [0.717, 1.165) is 12.8 Å². The van der Waals surface area contributed by atoms with Crippen LogP contribution in [0.4, 0.5) is 0 Å². The fourth-order valence-electron chi connectivity index (χ4n) is 3.08. The molecule has 0 aliphatic heterocycles. The molecule has 1 aromatic rings. The van der Waals surface area contributed by atoms with Crippen molar-refractivity contribution in [1.29, 1.82) is 0 Å². The molecule has 100 valence electrons. The Kier molecular flexibility index (Phi) is 3.96. The molecule has 2 unspecified atom stereocenters. The van der Waals surface area contributed by atoms with Crippen molar-refractivity contribution in [2.24, 2.45) is 5.73 Å². The highest BCUT2D eigenvalue weighted by atomic mass is 16.3. The molecule has 2 rings (SSSR count). The lowest BCUT2D eigenvalue weighted by atomic mass is 9.71. The zero-order valence-corrected chi connectivity index (χ0v) is 11.6. The average Bonchev–Trinajstić information content (AvgIpc) is 2.41. The van der Waals surface area contributed by atoms with E-state index in [0.29, 0.717) is 5.75 Å². The van der Waals surface area contributed by atoms with Gasteiger partial charge in [0.2, 0.25) is 0 Å². The molecule has 0 heterocycles. The number of phenolic OH excluding ortho intramolecular Hbond substituents is 1. The van der Waals surface area contributed by atoms with Gasteiger partial charge in [0.05, 0.1) is 0 Å². The molecule has 0 aromatic heterocycles. The zero-order valence-electron chi connectivity index (χ0n) is 11.6. The van der Waals surface area contributed by atoms with Crippen molar-refractivity contribution in [2.75, 3.05) is 0 Å². The molecule has 1 aliphatic carbocycles. The van der Waals surface area contributed by atoms with Crippen LogP contribution in [0.25, 0.3) is 0 Å². The van der Waals surface area contributed by atoms with Gasteiger partial charge in [-0.15, -0.1) is 0 Å². The molecule has 0 bridgehead atoms. The number of rotatable bonds is 1. The smallest absolute Gasteiger partial charge is 0.115 e. The van der Waals surface area contributed by atoms with E-state index in [1.54, 1.807) is 6.07 Å². The SMILES string of the molecule is CC(N)C1(C)CCCCCCc2ccc(O)cc21. The normalized spacial score (nSPS) is 26.6. The van der Waals surface area contributed by atoms with Gasteiger partial charge in [0.1, 0.15) is 5.75 Å². The van der Waals surface area contributed by atoms with Crippen molar-refractivity contribution >= 4 is 0 Å². The van der Waals surface area contributed by atoms with Gasteiger partial charge in [0.25, 0.3) is 0 Å². The second-order valence-electron chi connectivity index (χ2n) is 5.96. The number of aryl methyl sites for hydroxylation is 1. The zero-order chi connectivity index (χ0) is 13.2. The van der Waals surface area contributed by atoms with E-state index >= 15 is 0 Å². The fourth-order valence-corrected chi connectivity index (χ4v) is 3.08. The van der Waals surface area contributed by atoms with Gasteiger partial charge in [-0.3, -0.25) is 0 Å². The largest absolute Gasteiger partial charge is 0.508 e. The van der Waals surface area contributed by atoms with Gasteiger partial charge >= 0.3 is 0 Å². The van der Waals surface area contributed by atoms with Crippen LogP contribution in [0.3, 0.4) is 0 Å². The third-order valence-electron chi connectivity index (χ3n) is 4.61. The van der Waals surface area contributed by atoms with Gasteiger partial charge in [0, 0.05) is 11.5 Å². The van der Waals surface area contributed by atoms with E-state index in [1.807, 2.05) is 6.07 Å². The summed E-state index contributed by atoms with van der Waals surface area (Å²) in [6.07, 6.45) is 7.29. The summed E-state index contributed by atoms with van der Waals surface area (Å²) >= 11 is 0. The molecule has 1 aromatic carbocycles. The summed E-state index contributed by atoms with van der Waals surface area (Å²) in [6, 6.07) is 5.93. The first-order valence-corrected chi connectivity index (χ1v) is 7.12. The van der Waals surface area contributed by atoms with Gasteiger partial charge in [-0.05, 0) is 49.4 Å². The minimum Gasteiger partial charge on any atom is -0.508 e. The topological polar surface area (TPSA) is 46.2 Å². The van der Waals surface area contributed by atoms with E-state index in [1.165, 1.54) is 36.8 Å². The minimum atomic E-state index is -0.0155. The van der Waals surface area contributed by atoms with E-state index in [2.05, 4.69) is 19.9 Å². The lowest BCUT2D eigenvalue weighted by Gasteiger charge is -2.36. The average molecular weight is 247 g/mol. The van der Waals surface area contributed by atoms with Gasteiger partial charge in [0.15, 0.2) is 0 Å². The van der Waals surface area contributed by atoms with Crippen molar-refractivity contribution in [3.05, 3.63) is 29.3 Å². The van der Waals surface area contributed by atoms with Crippen molar-refractivity contribution < 1.29 is 5.11 Å². The van der Waals surface area contributed by atoms with E-state index < -0.39 is 0 Å². The van der Waals surface area contributed by atoms with Crippen molar-refractivity contribution in [3.8, 4) is 5.75 Å². The molecule has 0 saturated carbocycles. The number of nitrogens with two attached hydrogens (primary N) is 1. The van der Waals surface area contributed by atoms with E-state index in [4.69, 9.17) is 5.73 Å². The van der Waals surface area contributed by atoms with Crippen LogP contribution in [0.2, 0.25) is 0 Å². The van der Waals surface area contributed by atoms with Crippen LogP contribution >= 0.6 is 0 Å². The van der Waals surface area contributed by atoms with E-state index in [9.17, 15) is 5.11 Å². The first-order chi connectivity index (χ1) is 8.54. The highest BCUT2D eigenvalue weighted by Crippen LogP contribution is 2.38. The third kappa shape index (κ3) is 2.54. The molecule has 0 radical (unpaired) electrons. The Morgan fingerprint density at radius 3 is 2.67 bits per heavy atom. The first-order valence-electron chi connectivity index (χ1n) is 7.12. The molecular weight excluding hydrogens is 222 g/mol. The third-order valence-corrected chi connectivity index (χ3v) is 4.61. The summed E-state index contributed by atoms with van der Waals surface area (Å²) < 4.78 is 0. The quantitative estimate of drug-likeness (QED) is 0.797. The summed E-state index contributed by atoms with van der Waals surface area (Å²) in [5.41, 5.74) is 8.87. The second kappa shape index (κ2) is 5.31. The monoisotopic (exact) mass is 247 g/mol. The Balaban J connectivity index is 2.50. The predicted octanol–water partition coefficient (Wildman–Crippen LogP) is 3.50. The van der Waals surface area contributed by atoms with Crippen LogP contribution < -0.4 is 5.73 Å². The molecule has 1 aliphatic rings. The summed E-state index contributed by atoms with van der Waals surface area (Å²) in [6.45, 7) is 4.34. The predicted molar refractivity (Wildman–Crippen MR) is 75.9 cm³/mol. The number of hydrogen-bond donors (Lipinski definition) is 2.